The lowest BCUT2D eigenvalue weighted by molar-refractivity contribution is -0.130. The number of aryl methyl sites for hydroxylation is 1. The predicted molar refractivity (Wildman–Crippen MR) is 154 cm³/mol. The number of rotatable bonds is 12. The first-order chi connectivity index (χ1) is 18.1. The number of nitrogens with zero attached hydrogens (tertiary/aromatic N) is 4. The van der Waals surface area contributed by atoms with Gasteiger partial charge in [0.05, 0.1) is 24.7 Å². The first kappa shape index (κ1) is 29.1. The van der Waals surface area contributed by atoms with Gasteiger partial charge in [-0.25, -0.2) is 4.98 Å². The van der Waals surface area contributed by atoms with Crippen molar-refractivity contribution in [3.05, 3.63) is 58.1 Å². The van der Waals surface area contributed by atoms with Crippen LogP contribution in [0.15, 0.2) is 47.8 Å². The van der Waals surface area contributed by atoms with Crippen LogP contribution in [-0.4, -0.2) is 54.3 Å². The Kier molecular flexibility index (Phi) is 9.83. The Balaban J connectivity index is 1.88. The maximum atomic E-state index is 12.7. The average molecular weight is 559 g/mol. The van der Waals surface area contributed by atoms with Gasteiger partial charge < -0.3 is 24.8 Å². The molecule has 0 unspecified atom stereocenters. The summed E-state index contributed by atoms with van der Waals surface area (Å²) in [6.07, 6.45) is 2.02. The van der Waals surface area contributed by atoms with E-state index in [4.69, 9.17) is 16.3 Å². The summed E-state index contributed by atoms with van der Waals surface area (Å²) in [5, 5.41) is 10.3. The molecular formula is C26H32ClN6O4P. The van der Waals surface area contributed by atoms with Gasteiger partial charge in [-0.1, -0.05) is 23.7 Å². The maximum Gasteiger partial charge on any atom is 0.229 e. The first-order valence-corrected chi connectivity index (χ1v) is 15.1. The monoisotopic (exact) mass is 558 g/mol. The number of hydrogen-bond donors (Lipinski definition) is 2. The normalized spacial score (nSPS) is 11.1. The van der Waals surface area contributed by atoms with Gasteiger partial charge in [-0.15, -0.1) is 4.91 Å². The van der Waals surface area contributed by atoms with Crippen LogP contribution in [0.5, 0.6) is 5.75 Å². The lowest BCUT2D eigenvalue weighted by Gasteiger charge is -2.19. The molecule has 0 spiro atoms. The van der Waals surface area contributed by atoms with Gasteiger partial charge in [-0.05, 0) is 68.6 Å². The van der Waals surface area contributed by atoms with Gasteiger partial charge in [0.15, 0.2) is 5.82 Å². The van der Waals surface area contributed by atoms with Crippen molar-refractivity contribution in [2.45, 2.75) is 26.7 Å². The van der Waals surface area contributed by atoms with Crippen molar-refractivity contribution in [1.29, 1.82) is 0 Å². The summed E-state index contributed by atoms with van der Waals surface area (Å²) in [7, 11) is -1.07. The highest BCUT2D eigenvalue weighted by molar-refractivity contribution is 7.70. The number of para-hydroxylation sites is 1. The fourth-order valence-corrected chi connectivity index (χ4v) is 5.24. The highest BCUT2D eigenvalue weighted by Gasteiger charge is 2.19. The molecule has 38 heavy (non-hydrogen) atoms. The number of ether oxygens (including phenoxy) is 1. The molecule has 0 atom stereocenters. The van der Waals surface area contributed by atoms with Crippen LogP contribution in [0.3, 0.4) is 0 Å². The smallest absolute Gasteiger partial charge is 0.229 e. The van der Waals surface area contributed by atoms with Crippen LogP contribution < -0.4 is 20.7 Å². The molecule has 12 heteroatoms. The minimum absolute atomic E-state index is 0.00619. The predicted octanol–water partition coefficient (Wildman–Crippen LogP) is 6.07. The van der Waals surface area contributed by atoms with Gasteiger partial charge in [0, 0.05) is 24.8 Å². The van der Waals surface area contributed by atoms with Crippen LogP contribution in [0.4, 0.5) is 28.8 Å². The molecule has 0 aliphatic rings. The Bertz CT molecular complexity index is 1360. The van der Waals surface area contributed by atoms with Crippen molar-refractivity contribution >= 4 is 58.8 Å². The number of nitrogens with one attached hydrogen (secondary N) is 2. The summed E-state index contributed by atoms with van der Waals surface area (Å²) < 4.78 is 18.3. The number of nitroso groups, excluding NO2 is 1. The van der Waals surface area contributed by atoms with Crippen LogP contribution in [0.25, 0.3) is 0 Å². The standard InChI is InChI=1S/C26H32ClN6O4P/c1-6-33(7-2)24(34)13-12-17-14-22(37-3)21(15-20(17)32-35)30-26-28-16-18(27)25(31-26)29-19-10-8-9-11-23(19)38(4,5)36/h8-11,14-16H,6-7,12-13H2,1-5H3,(H2,28,29,30,31). The number of hydrogen-bond acceptors (Lipinski definition) is 9. The minimum Gasteiger partial charge on any atom is -0.495 e. The van der Waals surface area contributed by atoms with Crippen LogP contribution in [0, 0.1) is 4.91 Å². The highest BCUT2D eigenvalue weighted by Crippen LogP contribution is 2.39. The van der Waals surface area contributed by atoms with E-state index in [0.29, 0.717) is 53.3 Å². The van der Waals surface area contributed by atoms with Crippen LogP contribution in [0.2, 0.25) is 5.02 Å². The van der Waals surface area contributed by atoms with Crippen molar-refractivity contribution in [1.82, 2.24) is 14.9 Å². The third-order valence-corrected chi connectivity index (χ3v) is 7.78. The van der Waals surface area contributed by atoms with Crippen molar-refractivity contribution in [2.24, 2.45) is 5.18 Å². The largest absolute Gasteiger partial charge is 0.495 e. The molecule has 10 nitrogen and oxygen atoms in total. The van der Waals surface area contributed by atoms with E-state index in [2.05, 4.69) is 25.8 Å². The molecule has 3 aromatic rings. The molecule has 0 radical (unpaired) electrons. The molecule has 2 N–H and O–H groups in total. The first-order valence-electron chi connectivity index (χ1n) is 12.1. The second kappa shape index (κ2) is 12.8. The molecule has 3 rings (SSSR count). The second-order valence-corrected chi connectivity index (χ2v) is 12.4. The Labute approximate surface area is 227 Å². The summed E-state index contributed by atoms with van der Waals surface area (Å²) >= 11 is 6.35. The quantitative estimate of drug-likeness (QED) is 0.202. The molecule has 0 aliphatic heterocycles. The third-order valence-electron chi connectivity index (χ3n) is 5.95. The van der Waals surface area contributed by atoms with E-state index in [0.717, 1.165) is 0 Å². The lowest BCUT2D eigenvalue weighted by Crippen LogP contribution is -2.30. The molecule has 0 saturated carbocycles. The number of halogens is 1. The fraction of sp³-hybridized carbons (Fsp3) is 0.346. The van der Waals surface area contributed by atoms with Gasteiger partial charge in [0.25, 0.3) is 0 Å². The number of carbonyl (C=O) groups excluding carboxylic acids is 1. The van der Waals surface area contributed by atoms with Gasteiger partial charge in [-0.3, -0.25) is 4.79 Å². The molecular weight excluding hydrogens is 527 g/mol. The number of aromatic nitrogens is 2. The molecule has 0 aliphatic carbocycles. The Hall–Kier alpha value is -3.49. The van der Waals surface area contributed by atoms with E-state index in [-0.39, 0.29) is 29.0 Å². The van der Waals surface area contributed by atoms with Crippen LogP contribution >= 0.6 is 18.7 Å². The summed E-state index contributed by atoms with van der Waals surface area (Å²) in [6.45, 7) is 8.48. The van der Waals surface area contributed by atoms with E-state index in [1.807, 2.05) is 26.0 Å². The zero-order valence-electron chi connectivity index (χ0n) is 22.1. The van der Waals surface area contributed by atoms with Gasteiger partial charge in [0.2, 0.25) is 11.9 Å². The van der Waals surface area contributed by atoms with E-state index >= 15 is 0 Å². The molecule has 0 saturated heterocycles. The molecule has 0 bridgehead atoms. The van der Waals surface area contributed by atoms with Crippen molar-refractivity contribution in [3.63, 3.8) is 0 Å². The van der Waals surface area contributed by atoms with Crippen molar-refractivity contribution < 1.29 is 14.1 Å². The Morgan fingerprint density at radius 3 is 2.47 bits per heavy atom. The Morgan fingerprint density at radius 1 is 1.13 bits per heavy atom. The fourth-order valence-electron chi connectivity index (χ4n) is 3.95. The number of carbonyl (C=O) groups is 1. The van der Waals surface area contributed by atoms with Crippen LogP contribution in [-0.2, 0) is 15.8 Å². The number of amides is 1. The maximum absolute atomic E-state index is 12.7. The minimum atomic E-state index is -2.57. The average Bonchev–Trinajstić information content (AvgIpc) is 2.89. The van der Waals surface area contributed by atoms with Crippen molar-refractivity contribution in [2.75, 3.05) is 44.2 Å². The molecule has 1 amide bonds. The van der Waals surface area contributed by atoms with Gasteiger partial charge in [0.1, 0.15) is 23.6 Å². The number of methoxy groups -OCH3 is 1. The third kappa shape index (κ3) is 7.08. The molecule has 202 valence electrons. The van der Waals surface area contributed by atoms with E-state index in [9.17, 15) is 14.3 Å². The molecule has 2 aromatic carbocycles. The summed E-state index contributed by atoms with van der Waals surface area (Å²) in [5.74, 6) is 0.931. The van der Waals surface area contributed by atoms with Crippen molar-refractivity contribution in [3.8, 4) is 5.75 Å². The summed E-state index contributed by atoms with van der Waals surface area (Å²) in [5.41, 5.74) is 1.83. The summed E-state index contributed by atoms with van der Waals surface area (Å²) in [6, 6.07) is 10.5. The highest BCUT2D eigenvalue weighted by atomic mass is 35.5. The van der Waals surface area contributed by atoms with E-state index < -0.39 is 7.14 Å². The van der Waals surface area contributed by atoms with Gasteiger partial charge in [-0.2, -0.15) is 4.98 Å². The SMILES string of the molecule is CCN(CC)C(=O)CCc1cc(OC)c(Nc2ncc(Cl)c(Nc3ccccc3P(C)(C)=O)n2)cc1N=O. The topological polar surface area (TPSA) is 126 Å². The van der Waals surface area contributed by atoms with E-state index in [1.165, 1.54) is 19.4 Å². The second-order valence-electron chi connectivity index (χ2n) is 8.85. The zero-order valence-corrected chi connectivity index (χ0v) is 23.8. The van der Waals surface area contributed by atoms with Gasteiger partial charge >= 0.3 is 0 Å². The summed E-state index contributed by atoms with van der Waals surface area (Å²) in [4.78, 5) is 34.5. The zero-order chi connectivity index (χ0) is 27.9. The molecule has 0 fully saturated rings. The van der Waals surface area contributed by atoms with E-state index in [1.54, 1.807) is 36.4 Å². The Morgan fingerprint density at radius 2 is 1.84 bits per heavy atom. The lowest BCUT2D eigenvalue weighted by atomic mass is 10.1. The molecule has 1 heterocycles. The number of anilines is 4. The van der Waals surface area contributed by atoms with Crippen LogP contribution in [0.1, 0.15) is 25.8 Å². The molecule has 1 aromatic heterocycles. The number of benzene rings is 2.